The van der Waals surface area contributed by atoms with Gasteiger partial charge in [-0.1, -0.05) is 6.92 Å². The normalized spacial score (nSPS) is 17.7. The summed E-state index contributed by atoms with van der Waals surface area (Å²) >= 11 is 0. The molecule has 0 fully saturated rings. The number of aromatic nitrogens is 2. The summed E-state index contributed by atoms with van der Waals surface area (Å²) in [5.74, 6) is 1.22. The average molecular weight is 250 g/mol. The first-order chi connectivity index (χ1) is 8.79. The van der Waals surface area contributed by atoms with Gasteiger partial charge in [-0.25, -0.2) is 4.98 Å². The van der Waals surface area contributed by atoms with Crippen molar-refractivity contribution < 1.29 is 0 Å². The molecule has 4 heteroatoms. The zero-order chi connectivity index (χ0) is 12.8. The van der Waals surface area contributed by atoms with Crippen LogP contribution < -0.4 is 5.32 Å². The Labute approximate surface area is 110 Å². The SMILES string of the molecule is CCCNC(C)CCCN1CCn2ccnc2C1. The smallest absolute Gasteiger partial charge is 0.122 e. The van der Waals surface area contributed by atoms with E-state index in [-0.39, 0.29) is 0 Å². The second kappa shape index (κ2) is 6.90. The Morgan fingerprint density at radius 2 is 2.33 bits per heavy atom. The summed E-state index contributed by atoms with van der Waals surface area (Å²) in [7, 11) is 0. The van der Waals surface area contributed by atoms with Crippen molar-refractivity contribution in [2.24, 2.45) is 0 Å². The summed E-state index contributed by atoms with van der Waals surface area (Å²) in [6, 6.07) is 0.650. The van der Waals surface area contributed by atoms with E-state index < -0.39 is 0 Å². The Morgan fingerprint density at radius 1 is 1.44 bits per heavy atom. The number of imidazole rings is 1. The van der Waals surface area contributed by atoms with Crippen molar-refractivity contribution in [3.8, 4) is 0 Å². The van der Waals surface area contributed by atoms with Crippen molar-refractivity contribution in [2.75, 3.05) is 19.6 Å². The Hall–Kier alpha value is -0.870. The van der Waals surface area contributed by atoms with Crippen molar-refractivity contribution >= 4 is 0 Å². The molecule has 2 rings (SSSR count). The number of nitrogens with zero attached hydrogens (tertiary/aromatic N) is 3. The van der Waals surface area contributed by atoms with Gasteiger partial charge in [-0.05, 0) is 39.3 Å². The lowest BCUT2D eigenvalue weighted by Gasteiger charge is -2.27. The van der Waals surface area contributed by atoms with Gasteiger partial charge < -0.3 is 9.88 Å². The lowest BCUT2D eigenvalue weighted by atomic mass is 10.1. The Kier molecular flexibility index (Phi) is 5.20. The van der Waals surface area contributed by atoms with Gasteiger partial charge in [0.15, 0.2) is 0 Å². The van der Waals surface area contributed by atoms with Crippen LogP contribution >= 0.6 is 0 Å². The predicted octanol–water partition coefficient (Wildman–Crippen LogP) is 1.87. The molecule has 1 aliphatic heterocycles. The van der Waals surface area contributed by atoms with E-state index in [9.17, 15) is 0 Å². The molecular formula is C14H26N4. The summed E-state index contributed by atoms with van der Waals surface area (Å²) in [4.78, 5) is 6.92. The molecule has 1 unspecified atom stereocenters. The molecule has 2 heterocycles. The fourth-order valence-electron chi connectivity index (χ4n) is 2.53. The molecule has 1 aromatic rings. The van der Waals surface area contributed by atoms with E-state index in [2.05, 4.69) is 39.8 Å². The fourth-order valence-corrected chi connectivity index (χ4v) is 2.53. The summed E-state index contributed by atoms with van der Waals surface area (Å²) in [5, 5.41) is 3.55. The van der Waals surface area contributed by atoms with Crippen LogP contribution in [0.2, 0.25) is 0 Å². The third-order valence-electron chi connectivity index (χ3n) is 3.68. The first kappa shape index (κ1) is 13.6. The molecule has 4 nitrogen and oxygen atoms in total. The maximum atomic E-state index is 4.40. The second-order valence-corrected chi connectivity index (χ2v) is 5.31. The third-order valence-corrected chi connectivity index (χ3v) is 3.68. The molecular weight excluding hydrogens is 224 g/mol. The van der Waals surface area contributed by atoms with Crippen molar-refractivity contribution in [3.63, 3.8) is 0 Å². The molecule has 0 amide bonds. The van der Waals surface area contributed by atoms with E-state index in [0.29, 0.717) is 6.04 Å². The number of nitrogens with one attached hydrogen (secondary N) is 1. The average Bonchev–Trinajstić information content (AvgIpc) is 2.83. The van der Waals surface area contributed by atoms with Crippen LogP contribution in [0.1, 0.15) is 38.9 Å². The van der Waals surface area contributed by atoms with Gasteiger partial charge in [0.1, 0.15) is 5.82 Å². The summed E-state index contributed by atoms with van der Waals surface area (Å²) in [6.45, 7) is 10.1. The van der Waals surface area contributed by atoms with Gasteiger partial charge in [-0.3, -0.25) is 4.90 Å². The van der Waals surface area contributed by atoms with E-state index in [1.165, 1.54) is 38.2 Å². The maximum Gasteiger partial charge on any atom is 0.122 e. The van der Waals surface area contributed by atoms with Crippen molar-refractivity contribution in [1.29, 1.82) is 0 Å². The minimum Gasteiger partial charge on any atom is -0.333 e. The highest BCUT2D eigenvalue weighted by Crippen LogP contribution is 2.11. The van der Waals surface area contributed by atoms with Crippen LogP contribution in [0.3, 0.4) is 0 Å². The van der Waals surface area contributed by atoms with Crippen LogP contribution in [0.5, 0.6) is 0 Å². The molecule has 1 atom stereocenters. The standard InChI is InChI=1S/C14H26N4/c1-3-6-15-13(2)5-4-8-17-10-11-18-9-7-16-14(18)12-17/h7,9,13,15H,3-6,8,10-12H2,1-2H3. The lowest BCUT2D eigenvalue weighted by molar-refractivity contribution is 0.210. The van der Waals surface area contributed by atoms with Crippen LogP contribution in [0.4, 0.5) is 0 Å². The van der Waals surface area contributed by atoms with Gasteiger partial charge in [0.25, 0.3) is 0 Å². The Bertz CT molecular complexity index is 347. The van der Waals surface area contributed by atoms with Crippen LogP contribution in [0.15, 0.2) is 12.4 Å². The largest absolute Gasteiger partial charge is 0.333 e. The Balaban J connectivity index is 1.63. The van der Waals surface area contributed by atoms with Gasteiger partial charge in [0, 0.05) is 31.5 Å². The molecule has 18 heavy (non-hydrogen) atoms. The maximum absolute atomic E-state index is 4.40. The molecule has 0 radical (unpaired) electrons. The zero-order valence-electron chi connectivity index (χ0n) is 11.7. The quantitative estimate of drug-likeness (QED) is 0.802. The highest BCUT2D eigenvalue weighted by molar-refractivity contribution is 4.95. The molecule has 0 bridgehead atoms. The highest BCUT2D eigenvalue weighted by atomic mass is 15.2. The van der Waals surface area contributed by atoms with Gasteiger partial charge in [0.2, 0.25) is 0 Å². The van der Waals surface area contributed by atoms with Gasteiger partial charge in [0.05, 0.1) is 6.54 Å². The van der Waals surface area contributed by atoms with Crippen molar-refractivity contribution in [1.82, 2.24) is 19.8 Å². The molecule has 1 N–H and O–H groups in total. The van der Waals surface area contributed by atoms with Gasteiger partial charge >= 0.3 is 0 Å². The molecule has 1 aliphatic rings. The van der Waals surface area contributed by atoms with E-state index in [0.717, 1.165) is 19.6 Å². The molecule has 1 aromatic heterocycles. The fraction of sp³-hybridized carbons (Fsp3) is 0.786. The minimum absolute atomic E-state index is 0.650. The first-order valence-electron chi connectivity index (χ1n) is 7.25. The molecule has 0 aromatic carbocycles. The summed E-state index contributed by atoms with van der Waals surface area (Å²) in [5.41, 5.74) is 0. The van der Waals surface area contributed by atoms with Crippen LogP contribution in [0.25, 0.3) is 0 Å². The van der Waals surface area contributed by atoms with Crippen LogP contribution in [-0.2, 0) is 13.1 Å². The van der Waals surface area contributed by atoms with Crippen molar-refractivity contribution in [2.45, 2.75) is 52.2 Å². The van der Waals surface area contributed by atoms with Gasteiger partial charge in [-0.2, -0.15) is 0 Å². The van der Waals surface area contributed by atoms with Gasteiger partial charge in [-0.15, -0.1) is 0 Å². The van der Waals surface area contributed by atoms with E-state index in [1.807, 2.05) is 6.20 Å². The van der Waals surface area contributed by atoms with Crippen LogP contribution in [-0.4, -0.2) is 40.1 Å². The number of rotatable bonds is 7. The monoisotopic (exact) mass is 250 g/mol. The molecule has 102 valence electrons. The highest BCUT2D eigenvalue weighted by Gasteiger charge is 2.15. The zero-order valence-corrected chi connectivity index (χ0v) is 11.7. The number of hydrogen-bond acceptors (Lipinski definition) is 3. The third kappa shape index (κ3) is 3.82. The number of fused-ring (bicyclic) bond motifs is 1. The van der Waals surface area contributed by atoms with E-state index in [1.54, 1.807) is 0 Å². The van der Waals surface area contributed by atoms with Crippen molar-refractivity contribution in [3.05, 3.63) is 18.2 Å². The molecule has 0 saturated heterocycles. The Morgan fingerprint density at radius 3 is 3.17 bits per heavy atom. The molecule has 0 saturated carbocycles. The molecule has 0 aliphatic carbocycles. The lowest BCUT2D eigenvalue weighted by Crippen LogP contribution is -2.35. The van der Waals surface area contributed by atoms with E-state index in [4.69, 9.17) is 0 Å². The first-order valence-corrected chi connectivity index (χ1v) is 7.25. The minimum atomic E-state index is 0.650. The summed E-state index contributed by atoms with van der Waals surface area (Å²) in [6.07, 6.45) is 7.77. The topological polar surface area (TPSA) is 33.1 Å². The second-order valence-electron chi connectivity index (χ2n) is 5.31. The summed E-state index contributed by atoms with van der Waals surface area (Å²) < 4.78 is 2.27. The van der Waals surface area contributed by atoms with Crippen LogP contribution in [0, 0.1) is 0 Å². The predicted molar refractivity (Wildman–Crippen MR) is 74.5 cm³/mol. The molecule has 0 spiro atoms. The number of hydrogen-bond donors (Lipinski definition) is 1. The van der Waals surface area contributed by atoms with E-state index >= 15 is 0 Å².